The van der Waals surface area contributed by atoms with Crippen LogP contribution in [0.5, 0.6) is 0 Å². The largest absolute Gasteiger partial charge is 0.345 e. The van der Waals surface area contributed by atoms with Gasteiger partial charge in [0.2, 0.25) is 10.0 Å². The number of hydrogen-bond acceptors (Lipinski definition) is 4. The summed E-state index contributed by atoms with van der Waals surface area (Å²) >= 11 is 0. The fourth-order valence-corrected chi connectivity index (χ4v) is 5.82. The van der Waals surface area contributed by atoms with Crippen molar-refractivity contribution in [2.45, 2.75) is 55.9 Å². The van der Waals surface area contributed by atoms with Crippen molar-refractivity contribution < 1.29 is 13.2 Å². The molecule has 2 aliphatic rings. The smallest absolute Gasteiger partial charge is 0.268 e. The summed E-state index contributed by atoms with van der Waals surface area (Å²) < 4.78 is 29.0. The predicted octanol–water partition coefficient (Wildman–Crippen LogP) is 1.45. The third kappa shape index (κ3) is 3.68. The number of carbonyl (C=O) groups is 1. The summed E-state index contributed by atoms with van der Waals surface area (Å²) in [5.74, 6) is 0.102. The molecule has 2 fully saturated rings. The molecular weight excluding hydrogens is 352 g/mol. The maximum absolute atomic E-state index is 12.9. The van der Waals surface area contributed by atoms with Gasteiger partial charge in [-0.15, -0.1) is 0 Å². The molecule has 26 heavy (non-hydrogen) atoms. The van der Waals surface area contributed by atoms with Crippen LogP contribution < -0.4 is 11.1 Å². The average molecular weight is 383 g/mol. The summed E-state index contributed by atoms with van der Waals surface area (Å²) in [6, 6.07) is 1.49. The summed E-state index contributed by atoms with van der Waals surface area (Å²) in [7, 11) is -1.87. The summed E-state index contributed by atoms with van der Waals surface area (Å²) in [6.45, 7) is 3.55. The molecule has 1 amide bonds. The normalized spacial score (nSPS) is 23.9. The van der Waals surface area contributed by atoms with Crippen molar-refractivity contribution in [3.05, 3.63) is 18.0 Å². The van der Waals surface area contributed by atoms with Crippen LogP contribution >= 0.6 is 0 Å². The molecule has 2 heterocycles. The van der Waals surface area contributed by atoms with E-state index in [1.165, 1.54) is 16.6 Å². The minimum absolute atomic E-state index is 0.187. The molecule has 0 radical (unpaired) electrons. The lowest BCUT2D eigenvalue weighted by Crippen LogP contribution is -2.51. The van der Waals surface area contributed by atoms with Gasteiger partial charge < -0.3 is 15.6 Å². The van der Waals surface area contributed by atoms with Gasteiger partial charge in [0.1, 0.15) is 10.6 Å². The minimum Gasteiger partial charge on any atom is -0.345 e. The lowest BCUT2D eigenvalue weighted by molar-refractivity contribution is 0.0894. The summed E-state index contributed by atoms with van der Waals surface area (Å²) in [6.07, 6.45) is 7.31. The summed E-state index contributed by atoms with van der Waals surface area (Å²) in [5.41, 5.74) is 5.89. The Kier molecular flexibility index (Phi) is 5.46. The van der Waals surface area contributed by atoms with E-state index in [-0.39, 0.29) is 16.3 Å². The number of nitrogens with zero attached hydrogens (tertiary/aromatic N) is 2. The average Bonchev–Trinajstić information content (AvgIpc) is 3.22. The van der Waals surface area contributed by atoms with Gasteiger partial charge in [0.05, 0.1) is 5.54 Å². The highest BCUT2D eigenvalue weighted by atomic mass is 32.2. The maximum atomic E-state index is 12.9. The third-order valence-corrected chi connectivity index (χ3v) is 7.63. The molecule has 3 N–H and O–H groups in total. The number of aryl methyl sites for hydroxylation is 1. The molecule has 0 aromatic carbocycles. The van der Waals surface area contributed by atoms with E-state index in [9.17, 15) is 13.2 Å². The van der Waals surface area contributed by atoms with E-state index >= 15 is 0 Å². The third-order valence-electron chi connectivity index (χ3n) is 5.80. The zero-order chi connectivity index (χ0) is 18.9. The molecule has 146 valence electrons. The fraction of sp³-hybridized carbons (Fsp3) is 0.722. The number of rotatable bonds is 5. The van der Waals surface area contributed by atoms with Crippen molar-refractivity contribution in [3.63, 3.8) is 0 Å². The van der Waals surface area contributed by atoms with Crippen molar-refractivity contribution in [2.75, 3.05) is 19.6 Å². The van der Waals surface area contributed by atoms with Crippen molar-refractivity contribution in [2.24, 2.45) is 18.7 Å². The number of nitrogens with two attached hydrogens (primary N) is 1. The summed E-state index contributed by atoms with van der Waals surface area (Å²) in [5, 5.41) is 3.06. The summed E-state index contributed by atoms with van der Waals surface area (Å²) in [4.78, 5) is 12.9. The molecule has 1 unspecified atom stereocenters. The van der Waals surface area contributed by atoms with Crippen molar-refractivity contribution in [1.29, 1.82) is 0 Å². The van der Waals surface area contributed by atoms with Crippen LogP contribution in [0.1, 0.15) is 55.9 Å². The number of piperidine rings is 1. The molecule has 7 nitrogen and oxygen atoms in total. The number of aromatic nitrogens is 1. The first-order chi connectivity index (χ1) is 12.3. The first kappa shape index (κ1) is 19.4. The topological polar surface area (TPSA) is 97.4 Å². The molecule has 1 aliphatic heterocycles. The molecular formula is C18H30N4O3S. The van der Waals surface area contributed by atoms with Crippen LogP contribution in [0.25, 0.3) is 0 Å². The van der Waals surface area contributed by atoms with Crippen LogP contribution in [0.2, 0.25) is 0 Å². The Hall–Kier alpha value is -1.38. The number of carbonyl (C=O) groups excluding carboxylic acids is 1. The van der Waals surface area contributed by atoms with E-state index in [1.54, 1.807) is 11.6 Å². The molecule has 0 bridgehead atoms. The maximum Gasteiger partial charge on any atom is 0.268 e. The van der Waals surface area contributed by atoms with E-state index in [1.807, 2.05) is 0 Å². The molecule has 1 aliphatic carbocycles. The second kappa shape index (κ2) is 7.32. The molecule has 1 aromatic rings. The Morgan fingerprint density at radius 3 is 2.65 bits per heavy atom. The van der Waals surface area contributed by atoms with Crippen LogP contribution in [0.15, 0.2) is 17.2 Å². The van der Waals surface area contributed by atoms with Crippen LogP contribution in [0, 0.1) is 5.92 Å². The van der Waals surface area contributed by atoms with Crippen LogP contribution in [-0.2, 0) is 17.1 Å². The monoisotopic (exact) mass is 382 g/mol. The zero-order valence-corrected chi connectivity index (χ0v) is 16.5. The first-order valence-electron chi connectivity index (χ1n) is 9.46. The van der Waals surface area contributed by atoms with Gasteiger partial charge in [-0.3, -0.25) is 4.79 Å². The van der Waals surface area contributed by atoms with Gasteiger partial charge in [0.25, 0.3) is 5.91 Å². The van der Waals surface area contributed by atoms with Gasteiger partial charge in [-0.25, -0.2) is 8.42 Å². The van der Waals surface area contributed by atoms with Gasteiger partial charge in [0, 0.05) is 32.9 Å². The quantitative estimate of drug-likeness (QED) is 0.805. The van der Waals surface area contributed by atoms with Gasteiger partial charge in [-0.1, -0.05) is 19.8 Å². The van der Waals surface area contributed by atoms with Crippen LogP contribution in [0.3, 0.4) is 0 Å². The van der Waals surface area contributed by atoms with Gasteiger partial charge in [0.15, 0.2) is 0 Å². The van der Waals surface area contributed by atoms with Crippen molar-refractivity contribution in [1.82, 2.24) is 14.2 Å². The van der Waals surface area contributed by atoms with Gasteiger partial charge in [-0.05, 0) is 37.7 Å². The first-order valence-corrected chi connectivity index (χ1v) is 10.9. The highest BCUT2D eigenvalue weighted by Crippen LogP contribution is 2.29. The Balaban J connectivity index is 1.81. The van der Waals surface area contributed by atoms with E-state index in [4.69, 9.17) is 5.73 Å². The van der Waals surface area contributed by atoms with E-state index in [2.05, 4.69) is 12.2 Å². The standard InChI is InChI=1S/C18H30N4O3S/c1-14-6-5-9-22(11-14)26(24,25)15-10-16(21(2)12-15)17(23)20-18(13-19)7-3-4-8-18/h10,12,14H,3-9,11,13,19H2,1-2H3,(H,20,23). The number of amides is 1. The lowest BCUT2D eigenvalue weighted by atomic mass is 9.97. The van der Waals surface area contributed by atoms with E-state index in [0.717, 1.165) is 38.5 Å². The number of sulfonamides is 1. The number of hydrogen-bond donors (Lipinski definition) is 2. The van der Waals surface area contributed by atoms with Gasteiger partial charge in [-0.2, -0.15) is 4.31 Å². The van der Waals surface area contributed by atoms with Gasteiger partial charge >= 0.3 is 0 Å². The highest BCUT2D eigenvalue weighted by Gasteiger charge is 2.35. The van der Waals surface area contributed by atoms with Crippen LogP contribution in [-0.4, -0.2) is 48.4 Å². The molecule has 0 spiro atoms. The van der Waals surface area contributed by atoms with Crippen LogP contribution in [0.4, 0.5) is 0 Å². The molecule has 8 heteroatoms. The Bertz CT molecular complexity index is 765. The second-order valence-electron chi connectivity index (χ2n) is 7.93. The number of nitrogens with one attached hydrogen (secondary N) is 1. The highest BCUT2D eigenvalue weighted by molar-refractivity contribution is 7.89. The minimum atomic E-state index is -3.57. The van der Waals surface area contributed by atoms with E-state index in [0.29, 0.717) is 31.2 Å². The second-order valence-corrected chi connectivity index (χ2v) is 9.87. The Labute approximate surface area is 156 Å². The predicted molar refractivity (Wildman–Crippen MR) is 100 cm³/mol. The Morgan fingerprint density at radius 1 is 1.35 bits per heavy atom. The zero-order valence-electron chi connectivity index (χ0n) is 15.7. The molecule has 3 rings (SSSR count). The van der Waals surface area contributed by atoms with Crippen molar-refractivity contribution in [3.8, 4) is 0 Å². The molecule has 1 atom stereocenters. The molecule has 1 aromatic heterocycles. The SMILES string of the molecule is CC1CCCN(S(=O)(=O)c2cc(C(=O)NC3(CN)CCCC3)n(C)c2)C1. The lowest BCUT2D eigenvalue weighted by Gasteiger charge is -2.29. The molecule has 1 saturated heterocycles. The Morgan fingerprint density at radius 2 is 2.04 bits per heavy atom. The van der Waals surface area contributed by atoms with E-state index < -0.39 is 10.0 Å². The molecule has 1 saturated carbocycles. The van der Waals surface area contributed by atoms with Crippen molar-refractivity contribution >= 4 is 15.9 Å². The fourth-order valence-electron chi connectivity index (χ4n) is 4.15.